The third-order valence-electron chi connectivity index (χ3n) is 6.21. The average Bonchev–Trinajstić information content (AvgIpc) is 2.89. The number of ether oxygens (including phenoxy) is 2. The first-order chi connectivity index (χ1) is 18.3. The smallest absolute Gasteiger partial charge is 0.305 e. The van der Waals surface area contributed by atoms with Crippen LogP contribution in [0.1, 0.15) is 60.7 Å². The lowest BCUT2D eigenvalue weighted by Gasteiger charge is -2.21. The summed E-state index contributed by atoms with van der Waals surface area (Å²) in [6.07, 6.45) is 1.89. The molecule has 0 fully saturated rings. The number of esters is 1. The average molecular weight is 517 g/mol. The molecule has 0 aliphatic rings. The van der Waals surface area contributed by atoms with Crippen molar-refractivity contribution < 1.29 is 19.1 Å². The van der Waals surface area contributed by atoms with Gasteiger partial charge in [-0.15, -0.1) is 0 Å². The number of nitrogens with zero attached hydrogens (tertiary/aromatic N) is 1. The van der Waals surface area contributed by atoms with Gasteiger partial charge in [0.25, 0.3) is 5.91 Å². The van der Waals surface area contributed by atoms with Crippen LogP contribution >= 0.6 is 0 Å². The lowest BCUT2D eigenvalue weighted by Crippen LogP contribution is -2.17. The van der Waals surface area contributed by atoms with Crippen molar-refractivity contribution in [2.45, 2.75) is 53.5 Å². The van der Waals surface area contributed by atoms with Crippen molar-refractivity contribution in [2.24, 2.45) is 5.92 Å². The highest BCUT2D eigenvalue weighted by Crippen LogP contribution is 2.26. The molecule has 0 atom stereocenters. The van der Waals surface area contributed by atoms with E-state index in [-0.39, 0.29) is 18.3 Å². The maximum Gasteiger partial charge on any atom is 0.305 e. The van der Waals surface area contributed by atoms with Crippen LogP contribution in [0, 0.1) is 12.8 Å². The molecule has 0 radical (unpaired) electrons. The van der Waals surface area contributed by atoms with E-state index in [1.807, 2.05) is 25.1 Å². The van der Waals surface area contributed by atoms with E-state index in [1.165, 1.54) is 11.1 Å². The topological polar surface area (TPSA) is 67.9 Å². The lowest BCUT2D eigenvalue weighted by atomic mass is 10.0. The summed E-state index contributed by atoms with van der Waals surface area (Å²) in [7, 11) is 2.07. The summed E-state index contributed by atoms with van der Waals surface area (Å²) in [5.74, 6) is 0.652. The number of hydrogen-bond donors (Lipinski definition) is 1. The maximum atomic E-state index is 13.1. The number of benzene rings is 3. The van der Waals surface area contributed by atoms with Gasteiger partial charge in [-0.1, -0.05) is 50.2 Å². The third-order valence-corrected chi connectivity index (χ3v) is 6.21. The summed E-state index contributed by atoms with van der Waals surface area (Å²) in [6, 6.07) is 22.0. The Balaban J connectivity index is 1.60. The number of para-hydroxylation sites is 1. The minimum Gasteiger partial charge on any atom is -0.493 e. The first kappa shape index (κ1) is 28.8. The van der Waals surface area contributed by atoms with Gasteiger partial charge in [0.15, 0.2) is 0 Å². The third kappa shape index (κ3) is 8.65. The van der Waals surface area contributed by atoms with Gasteiger partial charge >= 0.3 is 5.97 Å². The highest BCUT2D eigenvalue weighted by molar-refractivity contribution is 6.06. The second-order valence-electron chi connectivity index (χ2n) is 9.98. The Morgan fingerprint density at radius 2 is 1.68 bits per heavy atom. The fourth-order valence-corrected chi connectivity index (χ4v) is 4.24. The molecule has 0 heterocycles. The quantitative estimate of drug-likeness (QED) is 0.200. The van der Waals surface area contributed by atoms with Crippen molar-refractivity contribution in [3.63, 3.8) is 0 Å². The molecule has 202 valence electrons. The summed E-state index contributed by atoms with van der Waals surface area (Å²) >= 11 is 0. The van der Waals surface area contributed by atoms with Gasteiger partial charge < -0.3 is 19.7 Å². The van der Waals surface area contributed by atoms with Crippen LogP contribution in [0.2, 0.25) is 0 Å². The fourth-order valence-electron chi connectivity index (χ4n) is 4.24. The van der Waals surface area contributed by atoms with Crippen LogP contribution in [0.4, 0.5) is 11.4 Å². The largest absolute Gasteiger partial charge is 0.493 e. The number of nitrogens with one attached hydrogen (secondary N) is 1. The number of carbonyl (C=O) groups excluding carboxylic acids is 2. The molecule has 38 heavy (non-hydrogen) atoms. The van der Waals surface area contributed by atoms with Crippen LogP contribution in [0.25, 0.3) is 0 Å². The van der Waals surface area contributed by atoms with E-state index in [9.17, 15) is 9.59 Å². The van der Waals surface area contributed by atoms with Crippen molar-refractivity contribution in [1.82, 2.24) is 0 Å². The molecule has 0 unspecified atom stereocenters. The summed E-state index contributed by atoms with van der Waals surface area (Å²) in [5, 5.41) is 3.02. The molecule has 6 heteroatoms. The van der Waals surface area contributed by atoms with Gasteiger partial charge in [-0.3, -0.25) is 9.59 Å². The van der Waals surface area contributed by atoms with Crippen molar-refractivity contribution in [2.75, 3.05) is 30.5 Å². The first-order valence-corrected chi connectivity index (χ1v) is 13.3. The molecule has 0 aliphatic carbocycles. The van der Waals surface area contributed by atoms with Crippen LogP contribution < -0.4 is 15.0 Å². The Kier molecular flexibility index (Phi) is 10.8. The molecule has 3 aromatic rings. The number of carbonyl (C=O) groups is 2. The number of hydrogen-bond acceptors (Lipinski definition) is 5. The molecule has 0 saturated heterocycles. The van der Waals surface area contributed by atoms with Gasteiger partial charge in [0, 0.05) is 31.4 Å². The van der Waals surface area contributed by atoms with Gasteiger partial charge in [0.05, 0.1) is 18.8 Å². The zero-order chi connectivity index (χ0) is 27.5. The van der Waals surface area contributed by atoms with Gasteiger partial charge in [0.1, 0.15) is 5.75 Å². The molecular formula is C32H40N2O4. The van der Waals surface area contributed by atoms with Crippen LogP contribution in [0.15, 0.2) is 66.7 Å². The van der Waals surface area contributed by atoms with Crippen LogP contribution in [0.5, 0.6) is 5.75 Å². The SMILES string of the molecule is CCOC(=O)CCCOc1ccccc1C(=O)Nc1ccc(N(C)Cc2ccc(CC(C)C)cc2)cc1C. The van der Waals surface area contributed by atoms with Crippen LogP contribution in [-0.2, 0) is 22.5 Å². The van der Waals surface area contributed by atoms with Crippen molar-refractivity contribution in [1.29, 1.82) is 0 Å². The standard InChI is InChI=1S/C32H40N2O4/c1-6-37-31(35)12-9-19-38-30-11-8-7-10-28(30)32(36)33-29-18-17-27(21-24(29)4)34(5)22-26-15-13-25(14-16-26)20-23(2)3/h7-8,10-11,13-18,21,23H,6,9,12,19-20,22H2,1-5H3,(H,33,36). The second kappa shape index (κ2) is 14.2. The van der Waals surface area contributed by atoms with E-state index in [0.717, 1.165) is 29.9 Å². The van der Waals surface area contributed by atoms with Crippen molar-refractivity contribution in [3.8, 4) is 5.75 Å². The molecule has 1 N–H and O–H groups in total. The van der Waals surface area contributed by atoms with E-state index in [2.05, 4.69) is 61.4 Å². The van der Waals surface area contributed by atoms with Crippen LogP contribution in [0.3, 0.4) is 0 Å². The molecule has 0 spiro atoms. The summed E-state index contributed by atoms with van der Waals surface area (Å²) < 4.78 is 10.8. The zero-order valence-corrected chi connectivity index (χ0v) is 23.3. The van der Waals surface area contributed by atoms with Gasteiger partial charge in [-0.2, -0.15) is 0 Å². The van der Waals surface area contributed by atoms with Gasteiger partial charge in [-0.25, -0.2) is 0 Å². The number of anilines is 2. The molecule has 1 amide bonds. The monoisotopic (exact) mass is 516 g/mol. The van der Waals surface area contributed by atoms with Gasteiger partial charge in [-0.05, 0) is 79.6 Å². The molecule has 0 bridgehead atoms. The Hall–Kier alpha value is -3.80. The molecule has 0 aromatic heterocycles. The number of amides is 1. The molecule has 3 rings (SSSR count). The molecular weight excluding hydrogens is 476 g/mol. The van der Waals surface area contributed by atoms with Crippen molar-refractivity contribution in [3.05, 3.63) is 89.0 Å². The zero-order valence-electron chi connectivity index (χ0n) is 23.3. The molecule has 3 aromatic carbocycles. The van der Waals surface area contributed by atoms with E-state index in [0.29, 0.717) is 36.9 Å². The Morgan fingerprint density at radius 3 is 2.37 bits per heavy atom. The number of aryl methyl sites for hydroxylation is 1. The molecule has 0 aliphatic heterocycles. The maximum absolute atomic E-state index is 13.1. The predicted molar refractivity (Wildman–Crippen MR) is 154 cm³/mol. The van der Waals surface area contributed by atoms with E-state index >= 15 is 0 Å². The van der Waals surface area contributed by atoms with Crippen molar-refractivity contribution >= 4 is 23.3 Å². The summed E-state index contributed by atoms with van der Waals surface area (Å²) in [6.45, 7) is 9.73. The van der Waals surface area contributed by atoms with E-state index in [1.54, 1.807) is 25.1 Å². The van der Waals surface area contributed by atoms with Gasteiger partial charge in [0.2, 0.25) is 0 Å². The van der Waals surface area contributed by atoms with E-state index in [4.69, 9.17) is 9.47 Å². The minimum absolute atomic E-state index is 0.239. The lowest BCUT2D eigenvalue weighted by molar-refractivity contribution is -0.143. The summed E-state index contributed by atoms with van der Waals surface area (Å²) in [5.41, 5.74) is 5.88. The second-order valence-corrected chi connectivity index (χ2v) is 9.98. The minimum atomic E-state index is -0.244. The predicted octanol–water partition coefficient (Wildman–Crippen LogP) is 6.80. The van der Waals surface area contributed by atoms with E-state index < -0.39 is 0 Å². The highest BCUT2D eigenvalue weighted by Gasteiger charge is 2.14. The normalized spacial score (nSPS) is 10.8. The Labute approximate surface area is 227 Å². The Morgan fingerprint density at radius 1 is 0.974 bits per heavy atom. The molecule has 0 saturated carbocycles. The molecule has 6 nitrogen and oxygen atoms in total. The van der Waals surface area contributed by atoms with Crippen LogP contribution in [-0.4, -0.2) is 32.1 Å². The number of rotatable bonds is 13. The Bertz CT molecular complexity index is 1200. The fraction of sp³-hybridized carbons (Fsp3) is 0.375. The highest BCUT2D eigenvalue weighted by atomic mass is 16.5. The first-order valence-electron chi connectivity index (χ1n) is 13.3. The summed E-state index contributed by atoms with van der Waals surface area (Å²) in [4.78, 5) is 26.8.